The van der Waals surface area contributed by atoms with E-state index in [1.807, 2.05) is 29.3 Å². The van der Waals surface area contributed by atoms with E-state index in [1.165, 1.54) is 22.3 Å². The van der Waals surface area contributed by atoms with Gasteiger partial charge < -0.3 is 14.7 Å². The van der Waals surface area contributed by atoms with Crippen LogP contribution in [0.1, 0.15) is 54.7 Å². The lowest BCUT2D eigenvalue weighted by molar-refractivity contribution is -0.0883. The van der Waals surface area contributed by atoms with Crippen LogP contribution in [0.2, 0.25) is 0 Å². The van der Waals surface area contributed by atoms with Crippen molar-refractivity contribution in [1.82, 2.24) is 9.88 Å². The maximum atomic E-state index is 13.6. The van der Waals surface area contributed by atoms with E-state index in [9.17, 15) is 9.90 Å². The Bertz CT molecular complexity index is 1430. The first-order valence-electron chi connectivity index (χ1n) is 13.3. The van der Waals surface area contributed by atoms with Gasteiger partial charge in [-0.25, -0.2) is 4.79 Å². The summed E-state index contributed by atoms with van der Waals surface area (Å²) in [6, 6.07) is 24.8. The van der Waals surface area contributed by atoms with E-state index in [0.717, 1.165) is 35.6 Å². The molecule has 3 heterocycles. The molecule has 37 heavy (non-hydrogen) atoms. The lowest BCUT2D eigenvalue weighted by Crippen LogP contribution is -2.59. The minimum Gasteiger partial charge on any atom is -0.448 e. The molecule has 2 unspecified atom stereocenters. The van der Waals surface area contributed by atoms with E-state index in [-0.39, 0.29) is 24.1 Å². The van der Waals surface area contributed by atoms with E-state index in [2.05, 4.69) is 59.6 Å². The van der Waals surface area contributed by atoms with Crippen LogP contribution in [0.3, 0.4) is 0 Å². The molecule has 1 N–H and O–H groups in total. The molecule has 2 atom stereocenters. The molecule has 1 amide bonds. The molecule has 0 saturated carbocycles. The SMILES string of the molecule is O=C(OCC1c2ccccc2-c2ccccc21)N1C2CCCC1CC(O)(c1cccc3ccncc13)C2. The third kappa shape index (κ3) is 3.64. The minimum absolute atomic E-state index is 0.0416. The number of carbonyl (C=O) groups is 1. The molecule has 4 aromatic rings. The molecule has 1 aromatic heterocycles. The predicted molar refractivity (Wildman–Crippen MR) is 143 cm³/mol. The Balaban J connectivity index is 1.13. The summed E-state index contributed by atoms with van der Waals surface area (Å²) in [5, 5.41) is 14.0. The predicted octanol–water partition coefficient (Wildman–Crippen LogP) is 6.39. The number of aromatic nitrogens is 1. The molecule has 2 aliphatic heterocycles. The number of aliphatic hydroxyl groups is 1. The molecule has 2 bridgehead atoms. The van der Waals surface area contributed by atoms with Gasteiger partial charge in [0.1, 0.15) is 6.61 Å². The van der Waals surface area contributed by atoms with Crippen molar-refractivity contribution in [2.24, 2.45) is 0 Å². The van der Waals surface area contributed by atoms with Gasteiger partial charge >= 0.3 is 6.09 Å². The van der Waals surface area contributed by atoms with Gasteiger partial charge in [-0.2, -0.15) is 0 Å². The third-order valence-corrected chi connectivity index (χ3v) is 8.74. The smallest absolute Gasteiger partial charge is 0.410 e. The van der Waals surface area contributed by atoms with Crippen molar-refractivity contribution in [3.63, 3.8) is 0 Å². The van der Waals surface area contributed by atoms with Crippen molar-refractivity contribution in [3.05, 3.63) is 102 Å². The van der Waals surface area contributed by atoms with Gasteiger partial charge in [0.15, 0.2) is 0 Å². The normalized spacial score (nSPS) is 24.5. The second kappa shape index (κ2) is 8.70. The van der Waals surface area contributed by atoms with Gasteiger partial charge in [0, 0.05) is 48.6 Å². The van der Waals surface area contributed by atoms with E-state index in [1.54, 1.807) is 6.20 Å². The van der Waals surface area contributed by atoms with Gasteiger partial charge in [-0.15, -0.1) is 0 Å². The fraction of sp³-hybridized carbons (Fsp3) is 0.312. The number of amides is 1. The van der Waals surface area contributed by atoms with Crippen molar-refractivity contribution < 1.29 is 14.6 Å². The number of piperidine rings is 2. The minimum atomic E-state index is -0.988. The maximum absolute atomic E-state index is 13.6. The number of hydrogen-bond donors (Lipinski definition) is 1. The van der Waals surface area contributed by atoms with E-state index in [0.29, 0.717) is 19.4 Å². The summed E-state index contributed by atoms with van der Waals surface area (Å²) < 4.78 is 6.06. The largest absolute Gasteiger partial charge is 0.448 e. The van der Waals surface area contributed by atoms with Crippen molar-refractivity contribution in [1.29, 1.82) is 0 Å². The molecule has 3 aromatic carbocycles. The van der Waals surface area contributed by atoms with Crippen LogP contribution in [-0.2, 0) is 10.3 Å². The van der Waals surface area contributed by atoms with Crippen molar-refractivity contribution in [2.45, 2.75) is 55.7 Å². The molecule has 1 aliphatic carbocycles. The Hall–Kier alpha value is -3.70. The first-order chi connectivity index (χ1) is 18.1. The van der Waals surface area contributed by atoms with Gasteiger partial charge in [-0.05, 0) is 58.5 Å². The van der Waals surface area contributed by atoms with Crippen LogP contribution in [-0.4, -0.2) is 39.8 Å². The summed E-state index contributed by atoms with van der Waals surface area (Å²) in [5.41, 5.74) is 4.82. The van der Waals surface area contributed by atoms with Crippen LogP contribution < -0.4 is 0 Å². The van der Waals surface area contributed by atoms with Crippen molar-refractivity contribution >= 4 is 16.9 Å². The molecule has 2 fully saturated rings. The molecule has 5 nitrogen and oxygen atoms in total. The Morgan fingerprint density at radius 3 is 2.30 bits per heavy atom. The number of pyridine rings is 1. The molecular formula is C32H30N2O3. The van der Waals surface area contributed by atoms with Gasteiger partial charge in [-0.1, -0.05) is 66.7 Å². The molecule has 0 spiro atoms. The van der Waals surface area contributed by atoms with Gasteiger partial charge in [-0.3, -0.25) is 4.98 Å². The average molecular weight is 491 g/mol. The summed E-state index contributed by atoms with van der Waals surface area (Å²) in [5.74, 6) is 0.0427. The Labute approximate surface area is 216 Å². The first kappa shape index (κ1) is 22.5. The number of rotatable bonds is 3. The highest BCUT2D eigenvalue weighted by atomic mass is 16.6. The number of benzene rings is 3. The zero-order valence-electron chi connectivity index (χ0n) is 20.7. The number of fused-ring (bicyclic) bond motifs is 6. The lowest BCUT2D eigenvalue weighted by Gasteiger charge is -2.51. The highest BCUT2D eigenvalue weighted by Crippen LogP contribution is 2.47. The fourth-order valence-corrected chi connectivity index (χ4v) is 7.13. The number of hydrogen-bond acceptors (Lipinski definition) is 4. The summed E-state index contributed by atoms with van der Waals surface area (Å²) in [6.07, 6.45) is 7.23. The summed E-state index contributed by atoms with van der Waals surface area (Å²) in [4.78, 5) is 19.8. The van der Waals surface area contributed by atoms with Gasteiger partial charge in [0.25, 0.3) is 0 Å². The molecule has 5 heteroatoms. The van der Waals surface area contributed by atoms with Gasteiger partial charge in [0.2, 0.25) is 0 Å². The fourth-order valence-electron chi connectivity index (χ4n) is 7.13. The Morgan fingerprint density at radius 2 is 1.59 bits per heavy atom. The second-order valence-electron chi connectivity index (χ2n) is 10.8. The number of nitrogens with zero attached hydrogens (tertiary/aromatic N) is 2. The summed E-state index contributed by atoms with van der Waals surface area (Å²) in [6.45, 7) is 0.321. The molecule has 7 rings (SSSR count). The highest BCUT2D eigenvalue weighted by molar-refractivity contribution is 5.85. The standard InChI is InChI=1S/C32H30N2O3/c35-31(37-20-29-26-12-3-1-10-24(26)25-11-2-4-13-27(25)29)34-22-8-6-9-23(34)18-32(36,17-22)30-14-5-7-21-15-16-33-19-28(21)30/h1-5,7,10-16,19,22-23,29,36H,6,8-9,17-18,20H2. The van der Waals surface area contributed by atoms with Gasteiger partial charge in [0.05, 0.1) is 5.60 Å². The van der Waals surface area contributed by atoms with Crippen molar-refractivity contribution in [2.75, 3.05) is 6.61 Å². The van der Waals surface area contributed by atoms with Crippen LogP contribution in [0.25, 0.3) is 21.9 Å². The van der Waals surface area contributed by atoms with Crippen LogP contribution in [0.5, 0.6) is 0 Å². The number of carbonyl (C=O) groups excluding carboxylic acids is 1. The van der Waals surface area contributed by atoms with E-state index < -0.39 is 5.60 Å². The van der Waals surface area contributed by atoms with Crippen molar-refractivity contribution in [3.8, 4) is 11.1 Å². The molecule has 2 saturated heterocycles. The zero-order valence-corrected chi connectivity index (χ0v) is 20.7. The summed E-state index contributed by atoms with van der Waals surface area (Å²) >= 11 is 0. The third-order valence-electron chi connectivity index (χ3n) is 8.74. The Kier molecular flexibility index (Phi) is 5.29. The van der Waals surface area contributed by atoms with Crippen LogP contribution in [0.15, 0.2) is 85.2 Å². The molecule has 3 aliphatic rings. The molecule has 186 valence electrons. The first-order valence-corrected chi connectivity index (χ1v) is 13.3. The second-order valence-corrected chi connectivity index (χ2v) is 10.8. The average Bonchev–Trinajstić information content (AvgIpc) is 3.24. The summed E-state index contributed by atoms with van der Waals surface area (Å²) in [7, 11) is 0. The topological polar surface area (TPSA) is 62.7 Å². The zero-order chi connectivity index (χ0) is 25.0. The lowest BCUT2D eigenvalue weighted by atomic mass is 9.72. The van der Waals surface area contributed by atoms with Crippen LogP contribution in [0, 0.1) is 0 Å². The quantitative estimate of drug-likeness (QED) is 0.362. The highest BCUT2D eigenvalue weighted by Gasteiger charge is 2.49. The van der Waals surface area contributed by atoms with E-state index in [4.69, 9.17) is 4.74 Å². The molecular weight excluding hydrogens is 460 g/mol. The monoisotopic (exact) mass is 490 g/mol. The van der Waals surface area contributed by atoms with Crippen LogP contribution >= 0.6 is 0 Å². The van der Waals surface area contributed by atoms with Crippen LogP contribution in [0.4, 0.5) is 4.79 Å². The maximum Gasteiger partial charge on any atom is 0.410 e. The Morgan fingerprint density at radius 1 is 0.919 bits per heavy atom. The molecule has 0 radical (unpaired) electrons. The van der Waals surface area contributed by atoms with E-state index >= 15 is 0 Å². The number of ether oxygens (including phenoxy) is 1.